The Kier molecular flexibility index (Phi) is 8.88. The second-order valence-corrected chi connectivity index (χ2v) is 14.1. The first-order valence-corrected chi connectivity index (χ1v) is 16.4. The van der Waals surface area contributed by atoms with Crippen LogP contribution in [-0.4, -0.2) is 78.8 Å². The highest BCUT2D eigenvalue weighted by Crippen LogP contribution is 2.36. The van der Waals surface area contributed by atoms with E-state index in [2.05, 4.69) is 21.8 Å². The third kappa shape index (κ3) is 6.53. The second-order valence-electron chi connectivity index (χ2n) is 11.0. The number of fused-ring (bicyclic) bond motifs is 1. The minimum Gasteiger partial charge on any atom is -0.478 e. The fourth-order valence-electron chi connectivity index (χ4n) is 5.86. The van der Waals surface area contributed by atoms with Gasteiger partial charge in [0.2, 0.25) is 5.91 Å². The summed E-state index contributed by atoms with van der Waals surface area (Å²) in [7, 11) is -1.66. The van der Waals surface area contributed by atoms with Crippen LogP contribution < -0.4 is 5.32 Å². The predicted octanol–water partition coefficient (Wildman–Crippen LogP) is 4.83. The Hall–Kier alpha value is -3.12. The summed E-state index contributed by atoms with van der Waals surface area (Å²) in [5.41, 5.74) is 1.55. The lowest BCUT2D eigenvalue weighted by Gasteiger charge is -2.36. The van der Waals surface area contributed by atoms with Crippen molar-refractivity contribution in [2.75, 3.05) is 38.5 Å². The molecule has 1 amide bonds. The van der Waals surface area contributed by atoms with Crippen LogP contribution in [0.5, 0.6) is 0 Å². The number of aromatic nitrogens is 1. The molecule has 2 fully saturated rings. The SMILES string of the molecule is C=CC(N1CCN(C)CC1)S(=O)(=O)c1ccc(C(CC2CCCC2)C(=O)Nc2nc3ccc(C(=O)O)cc3s2)cc1. The van der Waals surface area contributed by atoms with E-state index in [1.807, 2.05) is 11.9 Å². The zero-order valence-electron chi connectivity index (χ0n) is 23.2. The van der Waals surface area contributed by atoms with Crippen LogP contribution in [0, 0.1) is 5.92 Å². The summed E-state index contributed by atoms with van der Waals surface area (Å²) in [6.45, 7) is 6.72. The van der Waals surface area contributed by atoms with E-state index in [4.69, 9.17) is 0 Å². The summed E-state index contributed by atoms with van der Waals surface area (Å²) in [6, 6.07) is 11.4. The smallest absolute Gasteiger partial charge is 0.335 e. The van der Waals surface area contributed by atoms with E-state index in [9.17, 15) is 23.1 Å². The van der Waals surface area contributed by atoms with Crippen molar-refractivity contribution in [3.05, 3.63) is 66.2 Å². The highest BCUT2D eigenvalue weighted by Gasteiger charge is 2.33. The van der Waals surface area contributed by atoms with Crippen LogP contribution in [0.4, 0.5) is 5.13 Å². The Morgan fingerprint density at radius 1 is 1.12 bits per heavy atom. The van der Waals surface area contributed by atoms with Gasteiger partial charge in [-0.05, 0) is 55.3 Å². The number of rotatable bonds is 10. The third-order valence-electron chi connectivity index (χ3n) is 8.25. The van der Waals surface area contributed by atoms with Crippen LogP contribution in [0.15, 0.2) is 60.0 Å². The van der Waals surface area contributed by atoms with Crippen LogP contribution in [0.25, 0.3) is 10.2 Å². The van der Waals surface area contributed by atoms with Crippen molar-refractivity contribution in [3.8, 4) is 0 Å². The van der Waals surface area contributed by atoms with Crippen molar-refractivity contribution < 1.29 is 23.1 Å². The number of piperazine rings is 1. The molecule has 2 aromatic carbocycles. The largest absolute Gasteiger partial charge is 0.478 e. The minimum absolute atomic E-state index is 0.166. The highest BCUT2D eigenvalue weighted by molar-refractivity contribution is 7.92. The molecule has 1 aliphatic heterocycles. The number of carboxylic acids is 1. The number of nitrogens with one attached hydrogen (secondary N) is 1. The number of thiazole rings is 1. The molecule has 2 atom stereocenters. The van der Waals surface area contributed by atoms with Gasteiger partial charge in [-0.2, -0.15) is 0 Å². The van der Waals surface area contributed by atoms with E-state index in [-0.39, 0.29) is 16.4 Å². The molecule has 11 heteroatoms. The summed E-state index contributed by atoms with van der Waals surface area (Å²) in [5, 5.41) is 11.8. The Morgan fingerprint density at radius 2 is 1.80 bits per heavy atom. The lowest BCUT2D eigenvalue weighted by Crippen LogP contribution is -2.50. The number of benzene rings is 2. The standard InChI is InChI=1S/C30H36N4O5S2/c1-3-27(34-16-14-33(2)15-17-34)41(38,39)23-11-8-21(9-12-23)24(18-20-6-4-5-7-20)28(35)32-30-31-25-13-10-22(29(36)37)19-26(25)40-30/h3,8-13,19-20,24,27H,1,4-7,14-18H2,2H3,(H,36,37)(H,31,32,35). The van der Waals surface area contributed by atoms with E-state index >= 15 is 0 Å². The van der Waals surface area contributed by atoms with Gasteiger partial charge in [-0.15, -0.1) is 6.58 Å². The number of amides is 1. The van der Waals surface area contributed by atoms with E-state index in [1.165, 1.54) is 23.5 Å². The van der Waals surface area contributed by atoms with Gasteiger partial charge in [-0.3, -0.25) is 9.69 Å². The molecule has 218 valence electrons. The van der Waals surface area contributed by atoms with Gasteiger partial charge >= 0.3 is 5.97 Å². The van der Waals surface area contributed by atoms with Crippen molar-refractivity contribution in [1.29, 1.82) is 0 Å². The van der Waals surface area contributed by atoms with Crippen LogP contribution in [0.1, 0.15) is 53.9 Å². The molecule has 2 unspecified atom stereocenters. The molecule has 2 N–H and O–H groups in total. The molecule has 0 spiro atoms. The van der Waals surface area contributed by atoms with Gasteiger partial charge in [-0.25, -0.2) is 18.2 Å². The van der Waals surface area contributed by atoms with Gasteiger partial charge < -0.3 is 15.3 Å². The number of nitrogens with zero attached hydrogens (tertiary/aromatic N) is 3. The molecule has 1 aromatic heterocycles. The summed E-state index contributed by atoms with van der Waals surface area (Å²) < 4.78 is 27.8. The number of sulfone groups is 1. The second kappa shape index (κ2) is 12.4. The fourth-order valence-corrected chi connectivity index (χ4v) is 8.41. The molecule has 0 radical (unpaired) electrons. The zero-order valence-corrected chi connectivity index (χ0v) is 24.8. The average Bonchev–Trinajstić information content (AvgIpc) is 3.62. The van der Waals surface area contributed by atoms with E-state index in [0.717, 1.165) is 44.3 Å². The predicted molar refractivity (Wildman–Crippen MR) is 161 cm³/mol. The lowest BCUT2D eigenvalue weighted by atomic mass is 9.87. The van der Waals surface area contributed by atoms with E-state index < -0.39 is 27.1 Å². The number of hydrogen-bond acceptors (Lipinski definition) is 8. The van der Waals surface area contributed by atoms with Gasteiger partial charge in [0.1, 0.15) is 5.37 Å². The van der Waals surface area contributed by atoms with Gasteiger partial charge in [0.15, 0.2) is 15.0 Å². The maximum absolute atomic E-state index is 13.6. The van der Waals surface area contributed by atoms with Gasteiger partial charge in [0, 0.05) is 26.2 Å². The Balaban J connectivity index is 1.37. The van der Waals surface area contributed by atoms with Gasteiger partial charge in [0.05, 0.1) is 26.6 Å². The van der Waals surface area contributed by atoms with Gasteiger partial charge in [-0.1, -0.05) is 55.2 Å². The molecule has 5 rings (SSSR count). The number of carbonyl (C=O) groups is 2. The zero-order chi connectivity index (χ0) is 29.1. The number of hydrogen-bond donors (Lipinski definition) is 2. The van der Waals surface area contributed by atoms with Crippen molar-refractivity contribution in [2.45, 2.75) is 48.3 Å². The number of likely N-dealkylation sites (N-methyl/N-ethyl adjacent to an activating group) is 1. The van der Waals surface area contributed by atoms with Gasteiger partial charge in [0.25, 0.3) is 0 Å². The molecule has 1 saturated carbocycles. The topological polar surface area (TPSA) is 120 Å². The number of carboxylic acid groups (broad SMARTS) is 1. The molecule has 9 nitrogen and oxygen atoms in total. The van der Waals surface area contributed by atoms with Crippen LogP contribution in [0.2, 0.25) is 0 Å². The normalized spacial score (nSPS) is 18.8. The molecular formula is C30H36N4O5S2. The Morgan fingerprint density at radius 3 is 2.44 bits per heavy atom. The van der Waals surface area contributed by atoms with E-state index in [0.29, 0.717) is 40.8 Å². The molecule has 0 bridgehead atoms. The Bertz CT molecular complexity index is 1520. The maximum Gasteiger partial charge on any atom is 0.335 e. The molecular weight excluding hydrogens is 560 g/mol. The minimum atomic E-state index is -3.69. The maximum atomic E-state index is 13.6. The lowest BCUT2D eigenvalue weighted by molar-refractivity contribution is -0.118. The number of anilines is 1. The van der Waals surface area contributed by atoms with Crippen LogP contribution in [0.3, 0.4) is 0 Å². The summed E-state index contributed by atoms with van der Waals surface area (Å²) in [6.07, 6.45) is 6.61. The first-order valence-electron chi connectivity index (χ1n) is 14.0. The first kappa shape index (κ1) is 29.4. The summed E-state index contributed by atoms with van der Waals surface area (Å²) >= 11 is 1.23. The fraction of sp³-hybridized carbons (Fsp3) is 0.433. The van der Waals surface area contributed by atoms with Crippen molar-refractivity contribution >= 4 is 48.4 Å². The van der Waals surface area contributed by atoms with Crippen molar-refractivity contribution in [2.24, 2.45) is 5.92 Å². The monoisotopic (exact) mass is 596 g/mol. The Labute approximate surface area is 244 Å². The molecule has 3 aromatic rings. The van der Waals surface area contributed by atoms with Crippen LogP contribution in [-0.2, 0) is 14.6 Å². The van der Waals surface area contributed by atoms with Crippen LogP contribution >= 0.6 is 11.3 Å². The van der Waals surface area contributed by atoms with E-state index in [1.54, 1.807) is 36.4 Å². The number of aromatic carboxylic acids is 1. The first-order chi connectivity index (χ1) is 19.7. The van der Waals surface area contributed by atoms with Crippen molar-refractivity contribution in [3.63, 3.8) is 0 Å². The number of carbonyl (C=O) groups excluding carboxylic acids is 1. The summed E-state index contributed by atoms with van der Waals surface area (Å²) in [5.74, 6) is -1.27. The molecule has 1 saturated heterocycles. The molecule has 41 heavy (non-hydrogen) atoms. The quantitative estimate of drug-likeness (QED) is 0.320. The molecule has 1 aliphatic carbocycles. The summed E-state index contributed by atoms with van der Waals surface area (Å²) in [4.78, 5) is 33.8. The third-order valence-corrected chi connectivity index (χ3v) is 11.2. The average molecular weight is 597 g/mol. The molecule has 2 aliphatic rings. The van der Waals surface area contributed by atoms with Crippen molar-refractivity contribution in [1.82, 2.24) is 14.8 Å². The molecule has 2 heterocycles. The highest BCUT2D eigenvalue weighted by atomic mass is 32.2.